The van der Waals surface area contributed by atoms with Gasteiger partial charge in [-0.1, -0.05) is 36.9 Å². The van der Waals surface area contributed by atoms with E-state index in [0.29, 0.717) is 13.2 Å². The number of nitrogens with one attached hydrogen (secondary N) is 1. The molecule has 1 amide bonds. The summed E-state index contributed by atoms with van der Waals surface area (Å²) >= 11 is 0. The van der Waals surface area contributed by atoms with Crippen molar-refractivity contribution in [3.8, 4) is 0 Å². The lowest BCUT2D eigenvalue weighted by Gasteiger charge is -2.13. The number of benzene rings is 1. The molecule has 4 nitrogen and oxygen atoms in total. The number of amides is 1. The monoisotopic (exact) mass is 233 g/mol. The Kier molecular flexibility index (Phi) is 3.77. The molecule has 1 aliphatic rings. The van der Waals surface area contributed by atoms with E-state index in [-0.39, 0.29) is 12.1 Å². The van der Waals surface area contributed by atoms with Crippen LogP contribution in [0.25, 0.3) is 0 Å². The van der Waals surface area contributed by atoms with Gasteiger partial charge in [-0.25, -0.2) is 4.79 Å². The third kappa shape index (κ3) is 3.07. The molecule has 4 heteroatoms. The van der Waals surface area contributed by atoms with Gasteiger partial charge in [-0.05, 0) is 11.6 Å². The molecule has 1 aromatic rings. The fourth-order valence-corrected chi connectivity index (χ4v) is 1.70. The maximum Gasteiger partial charge on any atom is 0.408 e. The van der Waals surface area contributed by atoms with Crippen LogP contribution < -0.4 is 5.32 Å². The molecule has 0 spiro atoms. The maximum atomic E-state index is 11.0. The van der Waals surface area contributed by atoms with Crippen molar-refractivity contribution in [3.05, 3.63) is 48.6 Å². The standard InChI is InChI=1S/C13H15NO3/c1-2-12-11(14-13(15)17-12)9-16-8-10-6-4-3-5-7-10/h2-7,11-12H,1,8-9H2,(H,14,15)/t11-,12+/m1/s1. The second-order valence-corrected chi connectivity index (χ2v) is 3.86. The number of alkyl carbamates (subject to hydrolysis) is 1. The summed E-state index contributed by atoms with van der Waals surface area (Å²) in [4.78, 5) is 11.0. The highest BCUT2D eigenvalue weighted by atomic mass is 16.6. The molecule has 1 aliphatic heterocycles. The molecule has 2 rings (SSSR count). The van der Waals surface area contributed by atoms with E-state index in [1.807, 2.05) is 30.3 Å². The molecule has 1 N–H and O–H groups in total. The fourth-order valence-electron chi connectivity index (χ4n) is 1.70. The van der Waals surface area contributed by atoms with E-state index in [1.54, 1.807) is 6.08 Å². The molecule has 2 atom stereocenters. The lowest BCUT2D eigenvalue weighted by molar-refractivity contribution is 0.0850. The molecule has 0 bridgehead atoms. The van der Waals surface area contributed by atoms with Crippen LogP contribution in [-0.4, -0.2) is 24.8 Å². The lowest BCUT2D eigenvalue weighted by Crippen LogP contribution is -2.35. The lowest BCUT2D eigenvalue weighted by atomic mass is 10.2. The summed E-state index contributed by atoms with van der Waals surface area (Å²) in [5, 5.41) is 2.68. The molecule has 90 valence electrons. The molecule has 0 radical (unpaired) electrons. The summed E-state index contributed by atoms with van der Waals surface area (Å²) in [6, 6.07) is 9.73. The molecular weight excluding hydrogens is 218 g/mol. The molecule has 1 saturated heterocycles. The van der Waals surface area contributed by atoms with Gasteiger partial charge in [-0.2, -0.15) is 0 Å². The summed E-state index contributed by atoms with van der Waals surface area (Å²) in [5.74, 6) is 0. The van der Waals surface area contributed by atoms with Gasteiger partial charge in [-0.15, -0.1) is 0 Å². The predicted molar refractivity (Wildman–Crippen MR) is 63.5 cm³/mol. The molecule has 0 aliphatic carbocycles. The van der Waals surface area contributed by atoms with Crippen LogP contribution in [0.1, 0.15) is 5.56 Å². The summed E-state index contributed by atoms with van der Waals surface area (Å²) in [7, 11) is 0. The Balaban J connectivity index is 1.79. The van der Waals surface area contributed by atoms with Crippen LogP contribution in [-0.2, 0) is 16.1 Å². The van der Waals surface area contributed by atoms with Gasteiger partial charge in [0.05, 0.1) is 19.3 Å². The van der Waals surface area contributed by atoms with E-state index in [9.17, 15) is 4.79 Å². The van der Waals surface area contributed by atoms with Gasteiger partial charge in [0.1, 0.15) is 6.10 Å². The number of carbonyl (C=O) groups excluding carboxylic acids is 1. The Bertz CT molecular complexity index is 391. The molecule has 0 saturated carbocycles. The zero-order valence-corrected chi connectivity index (χ0v) is 9.46. The third-order valence-corrected chi connectivity index (χ3v) is 2.58. The van der Waals surface area contributed by atoms with Crippen molar-refractivity contribution in [2.45, 2.75) is 18.8 Å². The molecular formula is C13H15NO3. The Morgan fingerprint density at radius 3 is 2.88 bits per heavy atom. The number of carbonyl (C=O) groups is 1. The molecule has 1 fully saturated rings. The van der Waals surface area contributed by atoms with Crippen LogP contribution in [0.2, 0.25) is 0 Å². The van der Waals surface area contributed by atoms with Crippen LogP contribution in [0.4, 0.5) is 4.79 Å². The first-order valence-electron chi connectivity index (χ1n) is 5.51. The van der Waals surface area contributed by atoms with Gasteiger partial charge >= 0.3 is 6.09 Å². The van der Waals surface area contributed by atoms with Crippen molar-refractivity contribution in [1.29, 1.82) is 0 Å². The van der Waals surface area contributed by atoms with Crippen molar-refractivity contribution in [1.82, 2.24) is 5.32 Å². The van der Waals surface area contributed by atoms with E-state index in [4.69, 9.17) is 9.47 Å². The van der Waals surface area contributed by atoms with Crippen LogP contribution in [0, 0.1) is 0 Å². The van der Waals surface area contributed by atoms with Crippen LogP contribution >= 0.6 is 0 Å². The van der Waals surface area contributed by atoms with Crippen LogP contribution in [0.3, 0.4) is 0 Å². The second kappa shape index (κ2) is 5.50. The van der Waals surface area contributed by atoms with Crippen LogP contribution in [0.15, 0.2) is 43.0 Å². The van der Waals surface area contributed by atoms with Gasteiger partial charge in [-0.3, -0.25) is 0 Å². The number of hydrogen-bond donors (Lipinski definition) is 1. The smallest absolute Gasteiger partial charge is 0.408 e. The molecule has 0 unspecified atom stereocenters. The minimum atomic E-state index is -0.414. The molecule has 17 heavy (non-hydrogen) atoms. The highest BCUT2D eigenvalue weighted by Crippen LogP contribution is 2.11. The van der Waals surface area contributed by atoms with Gasteiger partial charge in [0.15, 0.2) is 0 Å². The first-order valence-corrected chi connectivity index (χ1v) is 5.51. The molecule has 0 aromatic heterocycles. The first kappa shape index (κ1) is 11.7. The summed E-state index contributed by atoms with van der Waals surface area (Å²) in [6.45, 7) is 4.56. The van der Waals surface area contributed by atoms with Crippen LogP contribution in [0.5, 0.6) is 0 Å². The van der Waals surface area contributed by atoms with E-state index in [2.05, 4.69) is 11.9 Å². The number of ether oxygens (including phenoxy) is 2. The number of rotatable bonds is 5. The van der Waals surface area contributed by atoms with Gasteiger partial charge in [0.2, 0.25) is 0 Å². The van der Waals surface area contributed by atoms with E-state index in [0.717, 1.165) is 5.56 Å². The van der Waals surface area contributed by atoms with Crippen molar-refractivity contribution in [3.63, 3.8) is 0 Å². The van der Waals surface area contributed by atoms with E-state index >= 15 is 0 Å². The zero-order valence-electron chi connectivity index (χ0n) is 9.46. The molecule has 1 heterocycles. The topological polar surface area (TPSA) is 47.6 Å². The largest absolute Gasteiger partial charge is 0.440 e. The number of cyclic esters (lactones) is 1. The summed E-state index contributed by atoms with van der Waals surface area (Å²) < 4.78 is 10.5. The normalized spacial score (nSPS) is 22.9. The first-order chi connectivity index (χ1) is 8.29. The Hall–Kier alpha value is -1.81. The Morgan fingerprint density at radius 1 is 1.41 bits per heavy atom. The van der Waals surface area contributed by atoms with E-state index in [1.165, 1.54) is 0 Å². The average Bonchev–Trinajstić information content (AvgIpc) is 2.71. The molecule has 1 aromatic carbocycles. The maximum absolute atomic E-state index is 11.0. The Labute approximate surface area is 100 Å². The highest BCUT2D eigenvalue weighted by Gasteiger charge is 2.31. The van der Waals surface area contributed by atoms with Gasteiger partial charge < -0.3 is 14.8 Å². The predicted octanol–water partition coefficient (Wildman–Crippen LogP) is 1.87. The summed E-state index contributed by atoms with van der Waals surface area (Å²) in [6.07, 6.45) is 0.885. The summed E-state index contributed by atoms with van der Waals surface area (Å²) in [5.41, 5.74) is 1.10. The highest BCUT2D eigenvalue weighted by molar-refractivity contribution is 5.70. The number of hydrogen-bond acceptors (Lipinski definition) is 3. The van der Waals surface area contributed by atoms with Gasteiger partial charge in [0, 0.05) is 0 Å². The van der Waals surface area contributed by atoms with Crippen molar-refractivity contribution in [2.75, 3.05) is 6.61 Å². The average molecular weight is 233 g/mol. The Morgan fingerprint density at radius 2 is 2.18 bits per heavy atom. The van der Waals surface area contributed by atoms with Crippen molar-refractivity contribution < 1.29 is 14.3 Å². The quantitative estimate of drug-likeness (QED) is 0.790. The van der Waals surface area contributed by atoms with Gasteiger partial charge in [0.25, 0.3) is 0 Å². The minimum absolute atomic E-state index is 0.149. The van der Waals surface area contributed by atoms with Crippen molar-refractivity contribution in [2.24, 2.45) is 0 Å². The van der Waals surface area contributed by atoms with E-state index < -0.39 is 6.09 Å². The SMILES string of the molecule is C=C[C@@H]1OC(=O)N[C@@H]1COCc1ccccc1. The van der Waals surface area contributed by atoms with Crippen molar-refractivity contribution >= 4 is 6.09 Å². The third-order valence-electron chi connectivity index (χ3n) is 2.58. The minimum Gasteiger partial charge on any atom is -0.440 e. The second-order valence-electron chi connectivity index (χ2n) is 3.86. The zero-order chi connectivity index (χ0) is 12.1. The fraction of sp³-hybridized carbons (Fsp3) is 0.308.